The number of fused-ring (bicyclic) bond motifs is 1. The molecule has 8 heteroatoms. The van der Waals surface area contributed by atoms with Crippen molar-refractivity contribution in [3.8, 4) is 5.75 Å². The van der Waals surface area contributed by atoms with Crippen molar-refractivity contribution in [2.75, 3.05) is 39.3 Å². The molecule has 160 valence electrons. The number of aromatic amines is 1. The van der Waals surface area contributed by atoms with Crippen molar-refractivity contribution in [1.82, 2.24) is 20.5 Å². The molecule has 1 unspecified atom stereocenters. The summed E-state index contributed by atoms with van der Waals surface area (Å²) in [7, 11) is 0. The van der Waals surface area contributed by atoms with Crippen molar-refractivity contribution >= 4 is 21.6 Å². The Morgan fingerprint density at radius 3 is 2.80 bits per heavy atom. The lowest BCUT2D eigenvalue weighted by atomic mass is 10.1. The molecule has 1 aromatic heterocycles. The molecule has 5 N–H and O–H groups in total. The van der Waals surface area contributed by atoms with Crippen molar-refractivity contribution in [3.63, 3.8) is 0 Å². The molecule has 4 rings (SSSR count). The first-order valence-corrected chi connectivity index (χ1v) is 11.2. The van der Waals surface area contributed by atoms with Gasteiger partial charge in [0.25, 0.3) is 0 Å². The van der Waals surface area contributed by atoms with Crippen LogP contribution >= 0.6 is 11.3 Å². The number of H-pyrrole nitrogens is 1. The maximum Gasteiger partial charge on any atom is 0.305 e. The van der Waals surface area contributed by atoms with Gasteiger partial charge in [-0.1, -0.05) is 41.7 Å². The number of hydrogen-bond acceptors (Lipinski definition) is 7. The van der Waals surface area contributed by atoms with E-state index in [2.05, 4.69) is 44.8 Å². The van der Waals surface area contributed by atoms with Crippen LogP contribution in [-0.4, -0.2) is 59.4 Å². The molecule has 0 bridgehead atoms. The number of rotatable bonds is 8. The third-order valence-electron chi connectivity index (χ3n) is 5.48. The molecule has 2 aromatic carbocycles. The molecule has 7 nitrogen and oxygen atoms in total. The minimum absolute atomic E-state index is 0.0213. The number of benzene rings is 2. The van der Waals surface area contributed by atoms with Crippen LogP contribution < -0.4 is 15.5 Å². The van der Waals surface area contributed by atoms with Gasteiger partial charge in [-0.3, -0.25) is 9.69 Å². The van der Waals surface area contributed by atoms with Crippen LogP contribution in [0.4, 0.5) is 0 Å². The fourth-order valence-electron chi connectivity index (χ4n) is 3.89. The van der Waals surface area contributed by atoms with Gasteiger partial charge in [0.15, 0.2) is 0 Å². The van der Waals surface area contributed by atoms with Crippen LogP contribution in [0.3, 0.4) is 0 Å². The number of piperazine rings is 1. The Balaban J connectivity index is 1.29. The SMILES string of the molecule is O=c1[nH]c2c(O)ccc(C(O)CNCCc3cccc(CN4CCNCC4)c3)c2s1. The number of aliphatic hydroxyl groups excluding tert-OH is 1. The number of hydrogen-bond donors (Lipinski definition) is 5. The van der Waals surface area contributed by atoms with Crippen LogP contribution in [0, 0.1) is 0 Å². The van der Waals surface area contributed by atoms with Crippen LogP contribution in [0.25, 0.3) is 10.2 Å². The average molecular weight is 429 g/mol. The minimum atomic E-state index is -0.751. The summed E-state index contributed by atoms with van der Waals surface area (Å²) in [4.78, 5) is 16.5. The van der Waals surface area contributed by atoms with E-state index in [0.717, 1.165) is 57.0 Å². The molecule has 1 atom stereocenters. The van der Waals surface area contributed by atoms with E-state index in [0.29, 0.717) is 22.3 Å². The molecule has 3 aromatic rings. The normalized spacial score (nSPS) is 16.2. The highest BCUT2D eigenvalue weighted by molar-refractivity contribution is 7.16. The zero-order valence-electron chi connectivity index (χ0n) is 16.9. The Kier molecular flexibility index (Phi) is 6.81. The number of nitrogens with zero attached hydrogens (tertiary/aromatic N) is 1. The lowest BCUT2D eigenvalue weighted by molar-refractivity contribution is 0.176. The molecule has 30 heavy (non-hydrogen) atoms. The van der Waals surface area contributed by atoms with Gasteiger partial charge < -0.3 is 25.8 Å². The smallest absolute Gasteiger partial charge is 0.305 e. The van der Waals surface area contributed by atoms with Crippen molar-refractivity contribution in [1.29, 1.82) is 0 Å². The highest BCUT2D eigenvalue weighted by Crippen LogP contribution is 2.31. The van der Waals surface area contributed by atoms with Crippen molar-refractivity contribution < 1.29 is 10.2 Å². The number of nitrogens with one attached hydrogen (secondary N) is 3. The number of phenols is 1. The van der Waals surface area contributed by atoms with E-state index in [9.17, 15) is 15.0 Å². The molecule has 1 aliphatic heterocycles. The highest BCUT2D eigenvalue weighted by Gasteiger charge is 2.16. The molecule has 0 saturated carbocycles. The Hall–Kier alpha value is -2.23. The van der Waals surface area contributed by atoms with Gasteiger partial charge in [-0.2, -0.15) is 0 Å². The standard InChI is InChI=1S/C22H28N4O3S/c27-18-5-4-17(21-20(18)25-22(29)30-21)19(28)13-24-7-6-15-2-1-3-16(12-15)14-26-10-8-23-9-11-26/h1-5,12,19,23-24,27-28H,6-11,13-14H2,(H,25,29). The molecule has 1 fully saturated rings. The van der Waals surface area contributed by atoms with Gasteiger partial charge in [0.1, 0.15) is 11.3 Å². The lowest BCUT2D eigenvalue weighted by Gasteiger charge is -2.27. The molecule has 0 spiro atoms. The maximum atomic E-state index is 11.6. The van der Waals surface area contributed by atoms with Gasteiger partial charge in [0.2, 0.25) is 0 Å². The first kappa shape index (κ1) is 21.0. The molecule has 0 aliphatic carbocycles. The first-order valence-electron chi connectivity index (χ1n) is 10.3. The third-order valence-corrected chi connectivity index (χ3v) is 6.41. The van der Waals surface area contributed by atoms with Crippen molar-refractivity contribution in [2.45, 2.75) is 19.1 Å². The van der Waals surface area contributed by atoms with Crippen molar-refractivity contribution in [3.05, 3.63) is 62.8 Å². The van der Waals surface area contributed by atoms with E-state index in [1.807, 2.05) is 0 Å². The van der Waals surface area contributed by atoms with Gasteiger partial charge in [0.05, 0.1) is 10.8 Å². The summed E-state index contributed by atoms with van der Waals surface area (Å²) in [6.07, 6.45) is 0.128. The fraction of sp³-hybridized carbons (Fsp3) is 0.409. The topological polar surface area (TPSA) is 101 Å². The van der Waals surface area contributed by atoms with E-state index in [-0.39, 0.29) is 10.6 Å². The van der Waals surface area contributed by atoms with Gasteiger partial charge in [-0.05, 0) is 30.2 Å². The Bertz CT molecular complexity index is 1040. The van der Waals surface area contributed by atoms with Crippen LogP contribution in [0.2, 0.25) is 0 Å². The summed E-state index contributed by atoms with van der Waals surface area (Å²) >= 11 is 1.01. The Labute approximate surface area is 179 Å². The fourth-order valence-corrected chi connectivity index (χ4v) is 4.81. The molecule has 0 amide bonds. The number of aromatic nitrogens is 1. The second kappa shape index (κ2) is 9.72. The predicted octanol–water partition coefficient (Wildman–Crippen LogP) is 1.57. The van der Waals surface area contributed by atoms with Crippen LogP contribution in [0.15, 0.2) is 41.2 Å². The zero-order valence-corrected chi connectivity index (χ0v) is 17.7. The minimum Gasteiger partial charge on any atom is -0.506 e. The molecule has 2 heterocycles. The lowest BCUT2D eigenvalue weighted by Crippen LogP contribution is -2.42. The number of phenolic OH excluding ortho intramolecular Hbond substituents is 1. The summed E-state index contributed by atoms with van der Waals surface area (Å²) in [6, 6.07) is 11.9. The highest BCUT2D eigenvalue weighted by atomic mass is 32.1. The van der Waals surface area contributed by atoms with E-state index in [1.165, 1.54) is 17.2 Å². The van der Waals surface area contributed by atoms with E-state index < -0.39 is 6.10 Å². The van der Waals surface area contributed by atoms with E-state index in [4.69, 9.17) is 0 Å². The number of aromatic hydroxyl groups is 1. The van der Waals surface area contributed by atoms with E-state index >= 15 is 0 Å². The summed E-state index contributed by atoms with van der Waals surface area (Å²) < 4.78 is 0.606. The van der Waals surface area contributed by atoms with Gasteiger partial charge in [-0.15, -0.1) is 0 Å². The largest absolute Gasteiger partial charge is 0.506 e. The Morgan fingerprint density at radius 1 is 1.17 bits per heavy atom. The number of aliphatic hydroxyl groups is 1. The summed E-state index contributed by atoms with van der Waals surface area (Å²) in [6.45, 7) is 6.40. The van der Waals surface area contributed by atoms with E-state index in [1.54, 1.807) is 6.07 Å². The summed E-state index contributed by atoms with van der Waals surface area (Å²) in [5.41, 5.74) is 3.66. The summed E-state index contributed by atoms with van der Waals surface area (Å²) in [5, 5.41) is 27.2. The monoisotopic (exact) mass is 428 g/mol. The summed E-state index contributed by atoms with van der Waals surface area (Å²) in [5.74, 6) is 0.0213. The quantitative estimate of drug-likeness (QED) is 0.349. The zero-order chi connectivity index (χ0) is 20.9. The predicted molar refractivity (Wildman–Crippen MR) is 120 cm³/mol. The van der Waals surface area contributed by atoms with Gasteiger partial charge in [0, 0.05) is 44.8 Å². The Morgan fingerprint density at radius 2 is 1.97 bits per heavy atom. The van der Waals surface area contributed by atoms with Crippen LogP contribution in [0.1, 0.15) is 22.8 Å². The first-order chi connectivity index (χ1) is 14.6. The second-order valence-corrected chi connectivity index (χ2v) is 8.69. The molecule has 0 radical (unpaired) electrons. The average Bonchev–Trinajstić information content (AvgIpc) is 3.15. The second-order valence-electron chi connectivity index (χ2n) is 7.71. The molecule has 1 saturated heterocycles. The molecular formula is C22H28N4O3S. The third kappa shape index (κ3) is 5.08. The number of thiazole rings is 1. The maximum absolute atomic E-state index is 11.6. The van der Waals surface area contributed by atoms with Gasteiger partial charge >= 0.3 is 4.87 Å². The van der Waals surface area contributed by atoms with Crippen molar-refractivity contribution in [2.24, 2.45) is 0 Å². The van der Waals surface area contributed by atoms with Crippen LogP contribution in [-0.2, 0) is 13.0 Å². The van der Waals surface area contributed by atoms with Gasteiger partial charge in [-0.25, -0.2) is 0 Å². The van der Waals surface area contributed by atoms with Crippen LogP contribution in [0.5, 0.6) is 5.75 Å². The molecule has 1 aliphatic rings. The molecular weight excluding hydrogens is 400 g/mol.